The van der Waals surface area contributed by atoms with E-state index in [4.69, 9.17) is 0 Å². The van der Waals surface area contributed by atoms with Gasteiger partial charge in [-0.05, 0) is 37.9 Å². The highest BCUT2D eigenvalue weighted by molar-refractivity contribution is 5.09. The Balaban J connectivity index is 2.25. The van der Waals surface area contributed by atoms with Gasteiger partial charge in [0.1, 0.15) is 0 Å². The van der Waals surface area contributed by atoms with Gasteiger partial charge in [0.2, 0.25) is 0 Å². The van der Waals surface area contributed by atoms with Crippen molar-refractivity contribution in [3.8, 4) is 0 Å². The highest BCUT2D eigenvalue weighted by Gasteiger charge is 1.95. The second-order valence-corrected chi connectivity index (χ2v) is 4.13. The Kier molecular flexibility index (Phi) is 4.60. The van der Waals surface area contributed by atoms with Crippen LogP contribution in [0.5, 0.6) is 0 Å². The van der Waals surface area contributed by atoms with Gasteiger partial charge in [-0.1, -0.05) is 19.9 Å². The van der Waals surface area contributed by atoms with Gasteiger partial charge in [-0.15, -0.1) is 0 Å². The summed E-state index contributed by atoms with van der Waals surface area (Å²) >= 11 is 0. The first-order chi connectivity index (χ1) is 6.68. The quantitative estimate of drug-likeness (QED) is 0.725. The minimum absolute atomic E-state index is 0.771. The van der Waals surface area contributed by atoms with Crippen LogP contribution in [0.15, 0.2) is 18.2 Å². The molecule has 2 nitrogen and oxygen atoms in total. The molecule has 0 atom stereocenters. The van der Waals surface area contributed by atoms with Gasteiger partial charge in [0.05, 0.1) is 5.69 Å². The first-order valence-electron chi connectivity index (χ1n) is 5.31. The average molecular weight is 192 g/mol. The van der Waals surface area contributed by atoms with Gasteiger partial charge in [0.25, 0.3) is 0 Å². The van der Waals surface area contributed by atoms with Crippen LogP contribution in [-0.2, 0) is 6.54 Å². The van der Waals surface area contributed by atoms with Crippen LogP contribution in [0.1, 0.15) is 31.7 Å². The second kappa shape index (κ2) is 5.76. The standard InChI is InChI=1S/C12H20N2/c1-10(2)7-8-13-9-12-6-4-5-11(3)14-12/h4-6,10,13H,7-9H2,1-3H3. The van der Waals surface area contributed by atoms with Crippen LogP contribution < -0.4 is 5.32 Å². The summed E-state index contributed by atoms with van der Waals surface area (Å²) in [5.74, 6) is 0.771. The van der Waals surface area contributed by atoms with Crippen LogP contribution in [0, 0.1) is 12.8 Å². The topological polar surface area (TPSA) is 24.9 Å². The third-order valence-corrected chi connectivity index (χ3v) is 2.15. The molecule has 1 aromatic rings. The average Bonchev–Trinajstić information content (AvgIpc) is 2.12. The Labute approximate surface area is 86.8 Å². The molecule has 0 amide bonds. The molecular formula is C12H20N2. The van der Waals surface area contributed by atoms with Gasteiger partial charge >= 0.3 is 0 Å². The molecule has 78 valence electrons. The fraction of sp³-hybridized carbons (Fsp3) is 0.583. The van der Waals surface area contributed by atoms with E-state index in [1.807, 2.05) is 13.0 Å². The Morgan fingerprint density at radius 1 is 1.36 bits per heavy atom. The summed E-state index contributed by atoms with van der Waals surface area (Å²) in [6.45, 7) is 8.47. The van der Waals surface area contributed by atoms with Gasteiger partial charge in [-0.25, -0.2) is 0 Å². The molecule has 0 spiro atoms. The van der Waals surface area contributed by atoms with E-state index in [-0.39, 0.29) is 0 Å². The summed E-state index contributed by atoms with van der Waals surface area (Å²) in [5, 5.41) is 3.40. The fourth-order valence-corrected chi connectivity index (χ4v) is 1.31. The number of nitrogens with zero attached hydrogens (tertiary/aromatic N) is 1. The van der Waals surface area contributed by atoms with Crippen molar-refractivity contribution in [2.45, 2.75) is 33.7 Å². The van der Waals surface area contributed by atoms with E-state index < -0.39 is 0 Å². The van der Waals surface area contributed by atoms with Crippen molar-refractivity contribution in [3.05, 3.63) is 29.6 Å². The van der Waals surface area contributed by atoms with Crippen LogP contribution in [0.25, 0.3) is 0 Å². The van der Waals surface area contributed by atoms with Crippen LogP contribution >= 0.6 is 0 Å². The molecule has 0 radical (unpaired) electrons. The summed E-state index contributed by atoms with van der Waals surface area (Å²) < 4.78 is 0. The summed E-state index contributed by atoms with van der Waals surface area (Å²) in [7, 11) is 0. The monoisotopic (exact) mass is 192 g/mol. The third-order valence-electron chi connectivity index (χ3n) is 2.15. The number of hydrogen-bond acceptors (Lipinski definition) is 2. The van der Waals surface area contributed by atoms with Crippen LogP contribution in [0.4, 0.5) is 0 Å². The number of nitrogens with one attached hydrogen (secondary N) is 1. The molecular weight excluding hydrogens is 172 g/mol. The zero-order chi connectivity index (χ0) is 10.4. The second-order valence-electron chi connectivity index (χ2n) is 4.13. The normalized spacial score (nSPS) is 10.9. The molecule has 2 heteroatoms. The highest BCUT2D eigenvalue weighted by atomic mass is 14.9. The maximum Gasteiger partial charge on any atom is 0.0544 e. The maximum absolute atomic E-state index is 4.43. The van der Waals surface area contributed by atoms with E-state index in [1.54, 1.807) is 0 Å². The Hall–Kier alpha value is -0.890. The number of aryl methyl sites for hydroxylation is 1. The molecule has 1 aromatic heterocycles. The predicted molar refractivity (Wildman–Crippen MR) is 60.1 cm³/mol. The third kappa shape index (κ3) is 4.38. The lowest BCUT2D eigenvalue weighted by Crippen LogP contribution is -2.17. The summed E-state index contributed by atoms with van der Waals surface area (Å²) in [6, 6.07) is 6.15. The number of pyridine rings is 1. The van der Waals surface area contributed by atoms with Crippen LogP contribution in [-0.4, -0.2) is 11.5 Å². The van der Waals surface area contributed by atoms with Crippen molar-refractivity contribution in [1.29, 1.82) is 0 Å². The van der Waals surface area contributed by atoms with E-state index in [0.717, 1.165) is 30.4 Å². The zero-order valence-electron chi connectivity index (χ0n) is 9.38. The molecule has 0 saturated carbocycles. The first-order valence-corrected chi connectivity index (χ1v) is 5.31. The largest absolute Gasteiger partial charge is 0.311 e. The lowest BCUT2D eigenvalue weighted by Gasteiger charge is -2.06. The fourth-order valence-electron chi connectivity index (χ4n) is 1.31. The highest BCUT2D eigenvalue weighted by Crippen LogP contribution is 1.99. The van der Waals surface area contributed by atoms with E-state index in [1.165, 1.54) is 6.42 Å². The van der Waals surface area contributed by atoms with Crippen LogP contribution in [0.2, 0.25) is 0 Å². The molecule has 0 bridgehead atoms. The minimum atomic E-state index is 0.771. The van der Waals surface area contributed by atoms with E-state index in [2.05, 4.69) is 36.3 Å². The van der Waals surface area contributed by atoms with Crippen molar-refractivity contribution in [1.82, 2.24) is 10.3 Å². The summed E-state index contributed by atoms with van der Waals surface area (Å²) in [4.78, 5) is 4.43. The maximum atomic E-state index is 4.43. The first kappa shape index (κ1) is 11.2. The van der Waals surface area contributed by atoms with Crippen molar-refractivity contribution in [3.63, 3.8) is 0 Å². The molecule has 1 N–H and O–H groups in total. The molecule has 0 unspecified atom stereocenters. The van der Waals surface area contributed by atoms with E-state index in [9.17, 15) is 0 Å². The Morgan fingerprint density at radius 3 is 2.79 bits per heavy atom. The van der Waals surface area contributed by atoms with Crippen molar-refractivity contribution < 1.29 is 0 Å². The molecule has 0 aliphatic heterocycles. The van der Waals surface area contributed by atoms with Gasteiger partial charge in [-0.2, -0.15) is 0 Å². The molecule has 0 saturated heterocycles. The molecule has 14 heavy (non-hydrogen) atoms. The minimum Gasteiger partial charge on any atom is -0.311 e. The molecule has 0 fully saturated rings. The van der Waals surface area contributed by atoms with E-state index >= 15 is 0 Å². The van der Waals surface area contributed by atoms with Gasteiger partial charge in [-0.3, -0.25) is 4.98 Å². The summed E-state index contributed by atoms with van der Waals surface area (Å²) in [6.07, 6.45) is 1.23. The van der Waals surface area contributed by atoms with Crippen molar-refractivity contribution >= 4 is 0 Å². The van der Waals surface area contributed by atoms with Gasteiger partial charge in [0.15, 0.2) is 0 Å². The van der Waals surface area contributed by atoms with Crippen LogP contribution in [0.3, 0.4) is 0 Å². The number of aromatic nitrogens is 1. The van der Waals surface area contributed by atoms with Crippen molar-refractivity contribution in [2.75, 3.05) is 6.54 Å². The zero-order valence-corrected chi connectivity index (χ0v) is 9.38. The Morgan fingerprint density at radius 2 is 2.14 bits per heavy atom. The van der Waals surface area contributed by atoms with E-state index in [0.29, 0.717) is 0 Å². The predicted octanol–water partition coefficient (Wildman–Crippen LogP) is 2.53. The molecule has 0 aliphatic carbocycles. The smallest absolute Gasteiger partial charge is 0.0544 e. The molecule has 0 aliphatic rings. The van der Waals surface area contributed by atoms with Gasteiger partial charge in [0, 0.05) is 12.2 Å². The Bertz CT molecular complexity index is 269. The summed E-state index contributed by atoms with van der Waals surface area (Å²) in [5.41, 5.74) is 2.22. The SMILES string of the molecule is Cc1cccc(CNCCC(C)C)n1. The molecule has 0 aromatic carbocycles. The number of hydrogen-bond donors (Lipinski definition) is 1. The lowest BCUT2D eigenvalue weighted by atomic mass is 10.1. The lowest BCUT2D eigenvalue weighted by molar-refractivity contribution is 0.535. The van der Waals surface area contributed by atoms with Crippen molar-refractivity contribution in [2.24, 2.45) is 5.92 Å². The van der Waals surface area contributed by atoms with Gasteiger partial charge < -0.3 is 5.32 Å². The molecule has 1 rings (SSSR count). The number of rotatable bonds is 5. The molecule has 1 heterocycles.